The van der Waals surface area contributed by atoms with Crippen LogP contribution in [0.2, 0.25) is 5.02 Å². The minimum atomic E-state index is 0. The van der Waals surface area contributed by atoms with Crippen molar-refractivity contribution in [2.45, 2.75) is 12.5 Å². The minimum absolute atomic E-state index is 0. The normalized spacial score (nSPS) is 20.0. The smallest absolute Gasteiger partial charge is 0.137 e. The van der Waals surface area contributed by atoms with Gasteiger partial charge in [-0.05, 0) is 25.1 Å². The number of rotatable bonds is 4. The molecule has 0 saturated carbocycles. The molecule has 17 heavy (non-hydrogen) atoms. The van der Waals surface area contributed by atoms with Crippen molar-refractivity contribution in [3.8, 4) is 5.75 Å². The van der Waals surface area contributed by atoms with Crippen LogP contribution in [0, 0.1) is 0 Å². The van der Waals surface area contributed by atoms with Crippen molar-refractivity contribution in [2.24, 2.45) is 5.73 Å². The molecule has 1 aromatic rings. The first-order valence-electron chi connectivity index (χ1n) is 5.61. The topological polar surface area (TPSA) is 38.5 Å². The predicted octanol–water partition coefficient (Wildman–Crippen LogP) is 2.17. The maximum Gasteiger partial charge on any atom is 0.137 e. The Balaban J connectivity index is 0.00000144. The summed E-state index contributed by atoms with van der Waals surface area (Å²) in [7, 11) is 0. The van der Waals surface area contributed by atoms with E-state index in [0.717, 1.165) is 31.8 Å². The third kappa shape index (κ3) is 4.36. The van der Waals surface area contributed by atoms with Gasteiger partial charge in [-0.1, -0.05) is 23.7 Å². The number of ether oxygens (including phenoxy) is 1. The third-order valence-electron chi connectivity index (χ3n) is 2.81. The minimum Gasteiger partial charge on any atom is -0.491 e. The van der Waals surface area contributed by atoms with Crippen LogP contribution in [0.1, 0.15) is 6.42 Å². The predicted molar refractivity (Wildman–Crippen MR) is 73.2 cm³/mol. The summed E-state index contributed by atoms with van der Waals surface area (Å²) in [4.78, 5) is 2.32. The number of nitrogens with two attached hydrogens (primary N) is 1. The summed E-state index contributed by atoms with van der Waals surface area (Å²) in [5, 5.41) is 0.667. The molecule has 0 aromatic heterocycles. The molecule has 1 fully saturated rings. The van der Waals surface area contributed by atoms with Crippen LogP contribution in [0.4, 0.5) is 0 Å². The molecule has 2 rings (SSSR count). The molecule has 5 heteroatoms. The lowest BCUT2D eigenvalue weighted by molar-refractivity contribution is 0.236. The van der Waals surface area contributed by atoms with Crippen molar-refractivity contribution in [1.82, 2.24) is 4.90 Å². The van der Waals surface area contributed by atoms with Crippen LogP contribution < -0.4 is 10.5 Å². The van der Waals surface area contributed by atoms with Crippen LogP contribution in [0.15, 0.2) is 24.3 Å². The summed E-state index contributed by atoms with van der Waals surface area (Å²) >= 11 is 5.98. The Bertz CT molecular complexity index is 349. The molecule has 1 atom stereocenters. The molecule has 1 aromatic carbocycles. The van der Waals surface area contributed by atoms with E-state index in [1.165, 1.54) is 0 Å². The van der Waals surface area contributed by atoms with E-state index >= 15 is 0 Å². The fourth-order valence-electron chi connectivity index (χ4n) is 1.91. The highest BCUT2D eigenvalue weighted by atomic mass is 35.5. The zero-order chi connectivity index (χ0) is 11.4. The van der Waals surface area contributed by atoms with Crippen molar-refractivity contribution in [2.75, 3.05) is 26.2 Å². The van der Waals surface area contributed by atoms with E-state index in [0.29, 0.717) is 17.7 Å². The highest BCUT2D eigenvalue weighted by Gasteiger charge is 2.18. The van der Waals surface area contributed by atoms with Gasteiger partial charge in [-0.3, -0.25) is 4.90 Å². The van der Waals surface area contributed by atoms with E-state index in [1.54, 1.807) is 0 Å². The highest BCUT2D eigenvalue weighted by Crippen LogP contribution is 2.22. The summed E-state index contributed by atoms with van der Waals surface area (Å²) in [5.74, 6) is 0.757. The Morgan fingerprint density at radius 1 is 1.41 bits per heavy atom. The van der Waals surface area contributed by atoms with Crippen molar-refractivity contribution >= 4 is 24.0 Å². The molecule has 1 unspecified atom stereocenters. The van der Waals surface area contributed by atoms with E-state index in [1.807, 2.05) is 24.3 Å². The van der Waals surface area contributed by atoms with E-state index in [-0.39, 0.29) is 12.4 Å². The molecular weight excluding hydrogens is 259 g/mol. The lowest BCUT2D eigenvalue weighted by Gasteiger charge is -2.15. The first kappa shape index (κ1) is 14.6. The molecule has 0 spiro atoms. The summed E-state index contributed by atoms with van der Waals surface area (Å²) in [6.07, 6.45) is 1.09. The molecule has 1 aliphatic heterocycles. The van der Waals surface area contributed by atoms with E-state index in [9.17, 15) is 0 Å². The van der Waals surface area contributed by atoms with Crippen molar-refractivity contribution in [3.05, 3.63) is 29.3 Å². The molecule has 96 valence electrons. The van der Waals surface area contributed by atoms with E-state index < -0.39 is 0 Å². The molecule has 2 N–H and O–H groups in total. The molecule has 0 aliphatic carbocycles. The third-order valence-corrected chi connectivity index (χ3v) is 3.12. The van der Waals surface area contributed by atoms with Crippen LogP contribution in [0.3, 0.4) is 0 Å². The molecule has 1 aliphatic rings. The van der Waals surface area contributed by atoms with Gasteiger partial charge >= 0.3 is 0 Å². The molecule has 0 amide bonds. The van der Waals surface area contributed by atoms with Crippen LogP contribution in [0.25, 0.3) is 0 Å². The number of benzene rings is 1. The molecule has 0 radical (unpaired) electrons. The van der Waals surface area contributed by atoms with Crippen LogP contribution >= 0.6 is 24.0 Å². The molecule has 1 heterocycles. The number of hydrogen-bond acceptors (Lipinski definition) is 3. The highest BCUT2D eigenvalue weighted by molar-refractivity contribution is 6.32. The van der Waals surface area contributed by atoms with Gasteiger partial charge in [0.1, 0.15) is 12.4 Å². The average molecular weight is 277 g/mol. The first-order valence-corrected chi connectivity index (χ1v) is 5.99. The van der Waals surface area contributed by atoms with Gasteiger partial charge in [-0.2, -0.15) is 0 Å². The maximum absolute atomic E-state index is 5.98. The SMILES string of the molecule is Cl.NC1CCN(CCOc2ccccc2Cl)C1. The van der Waals surface area contributed by atoms with Gasteiger partial charge < -0.3 is 10.5 Å². The van der Waals surface area contributed by atoms with Gasteiger partial charge in [0.15, 0.2) is 0 Å². The Hall–Kier alpha value is -0.480. The molecule has 1 saturated heterocycles. The van der Waals surface area contributed by atoms with Gasteiger partial charge in [-0.15, -0.1) is 12.4 Å². The van der Waals surface area contributed by atoms with E-state index in [2.05, 4.69) is 4.90 Å². The average Bonchev–Trinajstić information content (AvgIpc) is 2.67. The maximum atomic E-state index is 5.98. The quantitative estimate of drug-likeness (QED) is 0.916. The Morgan fingerprint density at radius 2 is 2.18 bits per heavy atom. The summed E-state index contributed by atoms with van der Waals surface area (Å²) in [6.45, 7) is 3.63. The molecule has 0 bridgehead atoms. The van der Waals surface area contributed by atoms with Crippen LogP contribution in [-0.2, 0) is 0 Å². The second-order valence-corrected chi connectivity index (χ2v) is 4.54. The standard InChI is InChI=1S/C12H17ClN2O.ClH/c13-11-3-1-2-4-12(11)16-8-7-15-6-5-10(14)9-15;/h1-4,10H,5-9,14H2;1H. The second-order valence-electron chi connectivity index (χ2n) is 4.13. The Labute approximate surface area is 113 Å². The summed E-state index contributed by atoms with van der Waals surface area (Å²) < 4.78 is 5.62. The van der Waals surface area contributed by atoms with Crippen molar-refractivity contribution in [1.29, 1.82) is 0 Å². The number of likely N-dealkylation sites (tertiary alicyclic amines) is 1. The Morgan fingerprint density at radius 3 is 2.82 bits per heavy atom. The van der Waals surface area contributed by atoms with Crippen molar-refractivity contribution in [3.63, 3.8) is 0 Å². The zero-order valence-corrected chi connectivity index (χ0v) is 11.2. The fraction of sp³-hybridized carbons (Fsp3) is 0.500. The van der Waals surface area contributed by atoms with Crippen LogP contribution in [-0.4, -0.2) is 37.2 Å². The zero-order valence-electron chi connectivity index (χ0n) is 9.64. The lowest BCUT2D eigenvalue weighted by atomic mass is 10.3. The van der Waals surface area contributed by atoms with Crippen molar-refractivity contribution < 1.29 is 4.74 Å². The number of hydrogen-bond donors (Lipinski definition) is 1. The summed E-state index contributed by atoms with van der Waals surface area (Å²) in [5.41, 5.74) is 5.83. The molecular formula is C12H18Cl2N2O. The monoisotopic (exact) mass is 276 g/mol. The summed E-state index contributed by atoms with van der Waals surface area (Å²) in [6, 6.07) is 7.88. The first-order chi connectivity index (χ1) is 7.75. The van der Waals surface area contributed by atoms with Crippen LogP contribution in [0.5, 0.6) is 5.75 Å². The van der Waals surface area contributed by atoms with Gasteiger partial charge in [0.05, 0.1) is 5.02 Å². The van der Waals surface area contributed by atoms with Gasteiger partial charge in [-0.25, -0.2) is 0 Å². The number of nitrogens with zero attached hydrogens (tertiary/aromatic N) is 1. The van der Waals surface area contributed by atoms with Gasteiger partial charge in [0, 0.05) is 19.1 Å². The van der Waals surface area contributed by atoms with E-state index in [4.69, 9.17) is 22.1 Å². The lowest BCUT2D eigenvalue weighted by Crippen LogP contribution is -2.29. The Kier molecular flexibility index (Phi) is 6.06. The molecule has 3 nitrogen and oxygen atoms in total. The largest absolute Gasteiger partial charge is 0.491 e. The second kappa shape index (κ2) is 7.07. The number of halogens is 2. The van der Waals surface area contributed by atoms with Gasteiger partial charge in [0.2, 0.25) is 0 Å². The van der Waals surface area contributed by atoms with Gasteiger partial charge in [0.25, 0.3) is 0 Å². The number of para-hydroxylation sites is 1. The fourth-order valence-corrected chi connectivity index (χ4v) is 2.10.